The highest BCUT2D eigenvalue weighted by Crippen LogP contribution is 2.24. The standard InChI is InChI=1S/C6H7N3O4S/c1-8-4(9(12)13)3(5(10)11)7-6(8)14-2/h1-2H3,(H,10,11). The Morgan fingerprint density at radius 3 is 2.57 bits per heavy atom. The average molecular weight is 217 g/mol. The number of aromatic carboxylic acids is 1. The second-order valence-electron chi connectivity index (χ2n) is 2.39. The summed E-state index contributed by atoms with van der Waals surface area (Å²) in [6.45, 7) is 0. The molecule has 0 aliphatic carbocycles. The van der Waals surface area contributed by atoms with E-state index in [9.17, 15) is 14.9 Å². The summed E-state index contributed by atoms with van der Waals surface area (Å²) in [5.41, 5.74) is -0.526. The maximum Gasteiger partial charge on any atom is 0.363 e. The maximum absolute atomic E-state index is 10.6. The zero-order chi connectivity index (χ0) is 10.9. The van der Waals surface area contributed by atoms with Crippen LogP contribution < -0.4 is 0 Å². The first kappa shape index (κ1) is 10.5. The van der Waals surface area contributed by atoms with Crippen LogP contribution in [0.15, 0.2) is 5.16 Å². The van der Waals surface area contributed by atoms with Crippen LogP contribution in [0.3, 0.4) is 0 Å². The molecule has 1 heterocycles. The highest BCUT2D eigenvalue weighted by molar-refractivity contribution is 7.98. The molecule has 0 fully saturated rings. The number of imidazole rings is 1. The Labute approximate surface area is 82.9 Å². The van der Waals surface area contributed by atoms with Gasteiger partial charge >= 0.3 is 11.8 Å². The number of carbonyl (C=O) groups is 1. The molecule has 0 radical (unpaired) electrons. The van der Waals surface area contributed by atoms with E-state index in [0.717, 1.165) is 16.3 Å². The van der Waals surface area contributed by atoms with E-state index in [0.29, 0.717) is 5.16 Å². The molecule has 0 saturated carbocycles. The first-order valence-electron chi connectivity index (χ1n) is 3.47. The van der Waals surface area contributed by atoms with E-state index in [4.69, 9.17) is 5.11 Å². The van der Waals surface area contributed by atoms with Gasteiger partial charge in [-0.25, -0.2) is 9.36 Å². The fourth-order valence-electron chi connectivity index (χ4n) is 1.01. The van der Waals surface area contributed by atoms with Crippen molar-refractivity contribution in [2.24, 2.45) is 7.05 Å². The molecule has 0 atom stereocenters. The fourth-order valence-corrected chi connectivity index (χ4v) is 1.55. The molecule has 8 heteroatoms. The number of aromatic nitrogens is 2. The van der Waals surface area contributed by atoms with Crippen molar-refractivity contribution >= 4 is 23.5 Å². The predicted octanol–water partition coefficient (Wildman–Crippen LogP) is 0.748. The molecule has 0 saturated heterocycles. The largest absolute Gasteiger partial charge is 0.476 e. The van der Waals surface area contributed by atoms with Crippen LogP contribution >= 0.6 is 11.8 Å². The van der Waals surface area contributed by atoms with E-state index in [1.54, 1.807) is 6.26 Å². The van der Waals surface area contributed by atoms with Crippen molar-refractivity contribution in [1.82, 2.24) is 9.55 Å². The van der Waals surface area contributed by atoms with Gasteiger partial charge in [0, 0.05) is 0 Å². The van der Waals surface area contributed by atoms with Crippen LogP contribution in [0.5, 0.6) is 0 Å². The van der Waals surface area contributed by atoms with Crippen LogP contribution in [0, 0.1) is 10.1 Å². The number of rotatable bonds is 3. The molecular weight excluding hydrogens is 210 g/mol. The molecule has 1 aromatic rings. The lowest BCUT2D eigenvalue weighted by molar-refractivity contribution is -0.392. The van der Waals surface area contributed by atoms with Crippen LogP contribution in [0.2, 0.25) is 0 Å². The zero-order valence-electron chi connectivity index (χ0n) is 7.42. The Kier molecular flexibility index (Phi) is 2.75. The van der Waals surface area contributed by atoms with E-state index in [2.05, 4.69) is 4.98 Å². The predicted molar refractivity (Wildman–Crippen MR) is 48.6 cm³/mol. The molecule has 0 aromatic carbocycles. The molecule has 1 rings (SSSR count). The lowest BCUT2D eigenvalue weighted by atomic mass is 10.4. The van der Waals surface area contributed by atoms with Crippen LogP contribution in [-0.4, -0.2) is 31.8 Å². The molecule has 0 aliphatic heterocycles. The summed E-state index contributed by atoms with van der Waals surface area (Å²) in [5.74, 6) is -1.89. The number of nitrogens with zero attached hydrogens (tertiary/aromatic N) is 3. The van der Waals surface area contributed by atoms with Crippen molar-refractivity contribution in [3.63, 3.8) is 0 Å². The van der Waals surface area contributed by atoms with Crippen molar-refractivity contribution in [2.75, 3.05) is 6.26 Å². The van der Waals surface area contributed by atoms with Gasteiger partial charge in [-0.1, -0.05) is 11.8 Å². The minimum Gasteiger partial charge on any atom is -0.476 e. The third-order valence-electron chi connectivity index (χ3n) is 1.58. The fraction of sp³-hybridized carbons (Fsp3) is 0.333. The van der Waals surface area contributed by atoms with Gasteiger partial charge in [-0.3, -0.25) is 0 Å². The molecule has 0 unspecified atom stereocenters. The molecule has 76 valence electrons. The Morgan fingerprint density at radius 2 is 2.29 bits per heavy atom. The minimum absolute atomic E-state index is 0.300. The van der Waals surface area contributed by atoms with Gasteiger partial charge in [0.1, 0.15) is 0 Å². The normalized spacial score (nSPS) is 10.1. The van der Waals surface area contributed by atoms with Gasteiger partial charge in [0.25, 0.3) is 5.16 Å². The van der Waals surface area contributed by atoms with Crippen LogP contribution in [0.25, 0.3) is 0 Å². The van der Waals surface area contributed by atoms with Gasteiger partial charge in [0.05, 0.1) is 7.05 Å². The minimum atomic E-state index is -1.40. The van der Waals surface area contributed by atoms with Crippen molar-refractivity contribution in [1.29, 1.82) is 0 Å². The second-order valence-corrected chi connectivity index (χ2v) is 3.17. The van der Waals surface area contributed by atoms with Crippen LogP contribution in [0.1, 0.15) is 10.5 Å². The molecule has 0 spiro atoms. The maximum atomic E-state index is 10.6. The first-order valence-corrected chi connectivity index (χ1v) is 4.70. The number of hydrogen-bond donors (Lipinski definition) is 1. The Balaban J connectivity index is 3.42. The quantitative estimate of drug-likeness (QED) is 0.455. The molecule has 1 aromatic heterocycles. The molecule has 1 N–H and O–H groups in total. The lowest BCUT2D eigenvalue weighted by Gasteiger charge is -1.95. The summed E-state index contributed by atoms with van der Waals surface area (Å²) >= 11 is 1.15. The highest BCUT2D eigenvalue weighted by atomic mass is 32.2. The van der Waals surface area contributed by atoms with Gasteiger partial charge < -0.3 is 15.2 Å². The average Bonchev–Trinajstić information content (AvgIpc) is 2.42. The Hall–Kier alpha value is -1.57. The smallest absolute Gasteiger partial charge is 0.363 e. The van der Waals surface area contributed by atoms with Crippen molar-refractivity contribution in [3.05, 3.63) is 15.8 Å². The second kappa shape index (κ2) is 3.66. The van der Waals surface area contributed by atoms with Gasteiger partial charge in [0.15, 0.2) is 0 Å². The topological polar surface area (TPSA) is 98.3 Å². The summed E-state index contributed by atoms with van der Waals surface area (Å²) in [7, 11) is 1.41. The summed E-state index contributed by atoms with van der Waals surface area (Å²) in [5, 5.41) is 19.5. The summed E-state index contributed by atoms with van der Waals surface area (Å²) in [6.07, 6.45) is 1.66. The molecule has 14 heavy (non-hydrogen) atoms. The van der Waals surface area contributed by atoms with E-state index >= 15 is 0 Å². The third-order valence-corrected chi connectivity index (χ3v) is 2.31. The Morgan fingerprint density at radius 1 is 1.71 bits per heavy atom. The Bertz CT molecular complexity index is 400. The molecule has 0 aliphatic rings. The summed E-state index contributed by atoms with van der Waals surface area (Å²) < 4.78 is 1.15. The van der Waals surface area contributed by atoms with Gasteiger partial charge in [-0.15, -0.1) is 0 Å². The third kappa shape index (κ3) is 1.55. The zero-order valence-corrected chi connectivity index (χ0v) is 8.24. The summed E-state index contributed by atoms with van der Waals surface area (Å²) in [6, 6.07) is 0. The van der Waals surface area contributed by atoms with Gasteiger partial charge in [-0.2, -0.15) is 4.98 Å². The first-order chi connectivity index (χ1) is 6.49. The van der Waals surface area contributed by atoms with Crippen molar-refractivity contribution in [3.8, 4) is 0 Å². The number of hydrogen-bond acceptors (Lipinski definition) is 5. The van der Waals surface area contributed by atoms with Gasteiger partial charge in [-0.05, 0) is 11.2 Å². The lowest BCUT2D eigenvalue weighted by Crippen LogP contribution is -2.04. The van der Waals surface area contributed by atoms with E-state index in [1.807, 2.05) is 0 Å². The number of carboxylic acids is 1. The van der Waals surface area contributed by atoms with E-state index in [-0.39, 0.29) is 0 Å². The SMILES string of the molecule is CSc1nc(C(=O)O)c([N+](=O)[O-])n1C. The number of thioether (sulfide) groups is 1. The van der Waals surface area contributed by atoms with Crippen molar-refractivity contribution in [2.45, 2.75) is 5.16 Å². The molecule has 0 bridgehead atoms. The summed E-state index contributed by atoms with van der Waals surface area (Å²) in [4.78, 5) is 24.0. The monoisotopic (exact) mass is 217 g/mol. The van der Waals surface area contributed by atoms with Gasteiger partial charge in [0.2, 0.25) is 5.69 Å². The van der Waals surface area contributed by atoms with Crippen LogP contribution in [0.4, 0.5) is 5.82 Å². The molecule has 0 amide bonds. The number of nitro groups is 1. The van der Waals surface area contributed by atoms with Crippen LogP contribution in [-0.2, 0) is 7.05 Å². The molecular formula is C6H7N3O4S. The molecule has 7 nitrogen and oxygen atoms in total. The highest BCUT2D eigenvalue weighted by Gasteiger charge is 2.28. The number of carboxylic acid groups (broad SMARTS) is 1. The van der Waals surface area contributed by atoms with E-state index < -0.39 is 22.4 Å². The van der Waals surface area contributed by atoms with Crippen molar-refractivity contribution < 1.29 is 14.8 Å². The van der Waals surface area contributed by atoms with E-state index in [1.165, 1.54) is 7.05 Å².